The lowest BCUT2D eigenvalue weighted by Gasteiger charge is -2.02. The first-order valence-electron chi connectivity index (χ1n) is 4.28. The summed E-state index contributed by atoms with van der Waals surface area (Å²) in [4.78, 5) is 2.74. The van der Waals surface area contributed by atoms with Gasteiger partial charge in [-0.1, -0.05) is 22.0 Å². The van der Waals surface area contributed by atoms with Crippen molar-refractivity contribution in [2.24, 2.45) is 0 Å². The van der Waals surface area contributed by atoms with Gasteiger partial charge in [-0.3, -0.25) is 0 Å². The molecule has 0 saturated carbocycles. The average molecular weight is 278 g/mol. The van der Waals surface area contributed by atoms with Crippen molar-refractivity contribution in [3.05, 3.63) is 34.4 Å². The molecule has 0 unspecified atom stereocenters. The number of benzene rings is 1. The zero-order valence-corrected chi connectivity index (χ0v) is 9.11. The number of hydrogen-bond acceptors (Lipinski definition) is 0. The predicted octanol–water partition coefficient (Wildman–Crippen LogP) is 4.04. The van der Waals surface area contributed by atoms with Crippen molar-refractivity contribution < 1.29 is 13.2 Å². The van der Waals surface area contributed by atoms with Crippen LogP contribution >= 0.6 is 15.9 Å². The summed E-state index contributed by atoms with van der Waals surface area (Å²) in [5.41, 5.74) is 0.902. The zero-order valence-electron chi connectivity index (χ0n) is 7.53. The second-order valence-corrected chi connectivity index (χ2v) is 4.23. The SMILES string of the molecule is FC(F)(F)Cc1cc2ccc(Br)cc2[nH]1. The van der Waals surface area contributed by atoms with Gasteiger partial charge in [-0.05, 0) is 23.6 Å². The van der Waals surface area contributed by atoms with Crippen LogP contribution in [0, 0.1) is 0 Å². The normalized spacial score (nSPS) is 12.3. The summed E-state index contributed by atoms with van der Waals surface area (Å²) in [5.74, 6) is 0. The van der Waals surface area contributed by atoms with E-state index < -0.39 is 12.6 Å². The van der Waals surface area contributed by atoms with Crippen LogP contribution in [0.3, 0.4) is 0 Å². The summed E-state index contributed by atoms with van der Waals surface area (Å²) in [6, 6.07) is 6.85. The molecule has 0 aliphatic rings. The molecule has 2 rings (SSSR count). The molecule has 0 aliphatic heterocycles. The molecular weight excluding hydrogens is 271 g/mol. The maximum Gasteiger partial charge on any atom is 0.394 e. The van der Waals surface area contributed by atoms with Gasteiger partial charge in [0.15, 0.2) is 0 Å². The maximum atomic E-state index is 12.1. The molecule has 80 valence electrons. The smallest absolute Gasteiger partial charge is 0.358 e. The van der Waals surface area contributed by atoms with Crippen LogP contribution in [0.1, 0.15) is 5.69 Å². The van der Waals surface area contributed by atoms with Gasteiger partial charge in [0.2, 0.25) is 0 Å². The molecule has 1 aromatic heterocycles. The van der Waals surface area contributed by atoms with E-state index in [1.54, 1.807) is 18.2 Å². The highest BCUT2D eigenvalue weighted by molar-refractivity contribution is 9.10. The number of fused-ring (bicyclic) bond motifs is 1. The topological polar surface area (TPSA) is 15.8 Å². The standard InChI is InChI=1S/C10H7BrF3N/c11-7-2-1-6-3-8(5-10(12,13)14)15-9(6)4-7/h1-4,15H,5H2. The molecule has 1 N–H and O–H groups in total. The molecule has 0 saturated heterocycles. The molecule has 15 heavy (non-hydrogen) atoms. The van der Waals surface area contributed by atoms with Crippen LogP contribution in [0.15, 0.2) is 28.7 Å². The summed E-state index contributed by atoms with van der Waals surface area (Å²) < 4.78 is 37.2. The van der Waals surface area contributed by atoms with E-state index in [1.807, 2.05) is 0 Å². The van der Waals surface area contributed by atoms with Crippen LogP contribution in [0.5, 0.6) is 0 Å². The summed E-state index contributed by atoms with van der Waals surface area (Å²) in [5, 5.41) is 0.789. The predicted molar refractivity (Wildman–Crippen MR) is 55.8 cm³/mol. The van der Waals surface area contributed by atoms with Gasteiger partial charge >= 0.3 is 6.18 Å². The molecule has 5 heteroatoms. The van der Waals surface area contributed by atoms with Crippen molar-refractivity contribution in [1.29, 1.82) is 0 Å². The molecule has 0 spiro atoms. The van der Waals surface area contributed by atoms with Crippen LogP contribution in [0.4, 0.5) is 13.2 Å². The second kappa shape index (κ2) is 3.56. The molecule has 2 aromatic rings. The van der Waals surface area contributed by atoms with Gasteiger partial charge in [0.1, 0.15) is 0 Å². The lowest BCUT2D eigenvalue weighted by Crippen LogP contribution is -2.11. The van der Waals surface area contributed by atoms with Crippen molar-refractivity contribution in [3.8, 4) is 0 Å². The van der Waals surface area contributed by atoms with Crippen LogP contribution in [-0.4, -0.2) is 11.2 Å². The Morgan fingerprint density at radius 3 is 2.60 bits per heavy atom. The van der Waals surface area contributed by atoms with Gasteiger partial charge in [0.25, 0.3) is 0 Å². The Labute approximate surface area is 92.4 Å². The van der Waals surface area contributed by atoms with E-state index in [0.29, 0.717) is 5.52 Å². The Morgan fingerprint density at radius 2 is 1.93 bits per heavy atom. The quantitative estimate of drug-likeness (QED) is 0.810. The molecule has 0 atom stereocenters. The number of halogens is 4. The van der Waals surface area contributed by atoms with Crippen LogP contribution in [-0.2, 0) is 6.42 Å². The number of H-pyrrole nitrogens is 1. The van der Waals surface area contributed by atoms with E-state index in [-0.39, 0.29) is 5.69 Å². The fourth-order valence-corrected chi connectivity index (χ4v) is 1.83. The molecular formula is C10H7BrF3N. The summed E-state index contributed by atoms with van der Waals surface area (Å²) in [7, 11) is 0. The van der Waals surface area contributed by atoms with Gasteiger partial charge in [-0.2, -0.15) is 13.2 Å². The van der Waals surface area contributed by atoms with Gasteiger partial charge < -0.3 is 4.98 Å². The van der Waals surface area contributed by atoms with Crippen molar-refractivity contribution >= 4 is 26.8 Å². The lowest BCUT2D eigenvalue weighted by molar-refractivity contribution is -0.127. The minimum absolute atomic E-state index is 0.190. The van der Waals surface area contributed by atoms with E-state index in [1.165, 1.54) is 6.07 Å². The Kier molecular flexibility index (Phi) is 2.50. The zero-order chi connectivity index (χ0) is 11.1. The van der Waals surface area contributed by atoms with E-state index in [2.05, 4.69) is 20.9 Å². The minimum atomic E-state index is -4.17. The number of aromatic nitrogens is 1. The van der Waals surface area contributed by atoms with Gasteiger partial charge in [0, 0.05) is 15.7 Å². The van der Waals surface area contributed by atoms with Gasteiger partial charge in [-0.25, -0.2) is 0 Å². The van der Waals surface area contributed by atoms with Crippen LogP contribution in [0.2, 0.25) is 0 Å². The molecule has 1 heterocycles. The highest BCUT2D eigenvalue weighted by atomic mass is 79.9. The number of alkyl halides is 3. The Hall–Kier alpha value is -0.970. The fourth-order valence-electron chi connectivity index (χ4n) is 1.47. The van der Waals surface area contributed by atoms with E-state index in [0.717, 1.165) is 9.86 Å². The van der Waals surface area contributed by atoms with Crippen LogP contribution < -0.4 is 0 Å². The number of nitrogens with one attached hydrogen (secondary N) is 1. The van der Waals surface area contributed by atoms with E-state index >= 15 is 0 Å². The number of rotatable bonds is 1. The third kappa shape index (κ3) is 2.53. The third-order valence-electron chi connectivity index (χ3n) is 2.03. The molecule has 0 fully saturated rings. The maximum absolute atomic E-state index is 12.1. The molecule has 1 aromatic carbocycles. The Balaban J connectivity index is 2.39. The monoisotopic (exact) mass is 277 g/mol. The molecule has 0 amide bonds. The highest BCUT2D eigenvalue weighted by Crippen LogP contribution is 2.25. The Morgan fingerprint density at radius 1 is 1.20 bits per heavy atom. The van der Waals surface area contributed by atoms with Crippen LogP contribution in [0.25, 0.3) is 10.9 Å². The average Bonchev–Trinajstić information content (AvgIpc) is 2.42. The second-order valence-electron chi connectivity index (χ2n) is 3.32. The van der Waals surface area contributed by atoms with Gasteiger partial charge in [0.05, 0.1) is 6.42 Å². The highest BCUT2D eigenvalue weighted by Gasteiger charge is 2.28. The first-order chi connectivity index (χ1) is 6.94. The van der Waals surface area contributed by atoms with E-state index in [9.17, 15) is 13.2 Å². The van der Waals surface area contributed by atoms with Crippen molar-refractivity contribution in [2.45, 2.75) is 12.6 Å². The molecule has 0 radical (unpaired) electrons. The third-order valence-corrected chi connectivity index (χ3v) is 2.52. The minimum Gasteiger partial charge on any atom is -0.358 e. The van der Waals surface area contributed by atoms with Crippen molar-refractivity contribution in [3.63, 3.8) is 0 Å². The summed E-state index contributed by atoms with van der Waals surface area (Å²) in [6.45, 7) is 0. The first-order valence-corrected chi connectivity index (χ1v) is 5.07. The largest absolute Gasteiger partial charge is 0.394 e. The first kappa shape index (κ1) is 10.5. The Bertz CT molecular complexity index is 487. The van der Waals surface area contributed by atoms with Crippen molar-refractivity contribution in [2.75, 3.05) is 0 Å². The number of hydrogen-bond donors (Lipinski definition) is 1. The summed E-state index contributed by atoms with van der Waals surface area (Å²) >= 11 is 3.26. The molecule has 1 nitrogen and oxygen atoms in total. The lowest BCUT2D eigenvalue weighted by atomic mass is 10.2. The molecule has 0 aliphatic carbocycles. The fraction of sp³-hybridized carbons (Fsp3) is 0.200. The summed E-state index contributed by atoms with van der Waals surface area (Å²) in [6.07, 6.45) is -5.09. The van der Waals surface area contributed by atoms with Gasteiger partial charge in [-0.15, -0.1) is 0 Å². The van der Waals surface area contributed by atoms with Crippen molar-refractivity contribution in [1.82, 2.24) is 4.98 Å². The number of aromatic amines is 1. The molecule has 0 bridgehead atoms. The van der Waals surface area contributed by atoms with E-state index in [4.69, 9.17) is 0 Å².